The Labute approximate surface area is 152 Å². The number of nitrogens with zero attached hydrogens (tertiary/aromatic N) is 2. The molecule has 0 fully saturated rings. The number of benzene rings is 1. The minimum atomic E-state index is -0.392. The second-order valence-electron chi connectivity index (χ2n) is 6.20. The third-order valence-electron chi connectivity index (χ3n) is 4.00. The van der Waals surface area contributed by atoms with E-state index >= 15 is 0 Å². The summed E-state index contributed by atoms with van der Waals surface area (Å²) in [4.78, 5) is 39.1. The van der Waals surface area contributed by atoms with Gasteiger partial charge in [0.1, 0.15) is 0 Å². The molecule has 138 valence electrons. The van der Waals surface area contributed by atoms with Gasteiger partial charge in [0.15, 0.2) is 5.76 Å². The first-order chi connectivity index (χ1) is 12.3. The van der Waals surface area contributed by atoms with Gasteiger partial charge in [-0.05, 0) is 37.1 Å². The first kappa shape index (κ1) is 19.2. The maximum Gasteiger partial charge on any atom is 0.289 e. The number of carbonyl (C=O) groups excluding carboxylic acids is 3. The lowest BCUT2D eigenvalue weighted by Crippen LogP contribution is -2.42. The zero-order valence-corrected chi connectivity index (χ0v) is 15.4. The first-order valence-corrected chi connectivity index (χ1v) is 8.18. The Morgan fingerprint density at radius 3 is 2.19 bits per heavy atom. The van der Waals surface area contributed by atoms with Crippen molar-refractivity contribution >= 4 is 23.4 Å². The van der Waals surface area contributed by atoms with Gasteiger partial charge in [0.05, 0.1) is 19.4 Å². The highest BCUT2D eigenvalue weighted by Gasteiger charge is 2.20. The van der Waals surface area contributed by atoms with Crippen molar-refractivity contribution in [3.8, 4) is 0 Å². The van der Waals surface area contributed by atoms with Crippen LogP contribution in [0.2, 0.25) is 0 Å². The molecule has 1 aromatic carbocycles. The number of anilines is 1. The Morgan fingerprint density at radius 2 is 1.62 bits per heavy atom. The second-order valence-corrected chi connectivity index (χ2v) is 6.20. The van der Waals surface area contributed by atoms with Crippen molar-refractivity contribution < 1.29 is 18.8 Å². The standard InChI is InChI=1S/C19H23N3O4/c1-13-7-5-8-14(2)18(13)20-16(23)11-21(3)17(24)12-22(4)19(25)15-9-6-10-26-15/h5-10H,11-12H2,1-4H3,(H,20,23). The number of hydrogen-bond acceptors (Lipinski definition) is 4. The molecule has 0 bridgehead atoms. The van der Waals surface area contributed by atoms with Crippen molar-refractivity contribution in [2.75, 3.05) is 32.5 Å². The van der Waals surface area contributed by atoms with Crippen LogP contribution in [0.5, 0.6) is 0 Å². The summed E-state index contributed by atoms with van der Waals surface area (Å²) in [6, 6.07) is 8.87. The van der Waals surface area contributed by atoms with Crippen LogP contribution in [0.1, 0.15) is 21.7 Å². The largest absolute Gasteiger partial charge is 0.459 e. The molecular weight excluding hydrogens is 334 g/mol. The summed E-state index contributed by atoms with van der Waals surface area (Å²) in [5, 5.41) is 2.83. The summed E-state index contributed by atoms with van der Waals surface area (Å²) < 4.78 is 5.03. The van der Waals surface area contributed by atoms with Crippen LogP contribution in [0.3, 0.4) is 0 Å². The van der Waals surface area contributed by atoms with Crippen LogP contribution in [-0.4, -0.2) is 54.7 Å². The van der Waals surface area contributed by atoms with Crippen molar-refractivity contribution in [3.05, 3.63) is 53.5 Å². The fourth-order valence-corrected chi connectivity index (χ4v) is 2.48. The molecule has 0 aliphatic carbocycles. The number of amides is 3. The number of rotatable bonds is 6. The summed E-state index contributed by atoms with van der Waals surface area (Å²) >= 11 is 0. The van der Waals surface area contributed by atoms with Crippen LogP contribution < -0.4 is 5.32 Å². The molecule has 0 saturated carbocycles. The molecule has 7 nitrogen and oxygen atoms in total. The van der Waals surface area contributed by atoms with Crippen LogP contribution in [0.25, 0.3) is 0 Å². The molecule has 0 spiro atoms. The molecule has 0 saturated heterocycles. The van der Waals surface area contributed by atoms with E-state index in [0.717, 1.165) is 16.8 Å². The average molecular weight is 357 g/mol. The summed E-state index contributed by atoms with van der Waals surface area (Å²) in [6.45, 7) is 3.57. The van der Waals surface area contributed by atoms with Crippen molar-refractivity contribution in [1.82, 2.24) is 9.80 Å². The normalized spacial score (nSPS) is 10.3. The number of para-hydroxylation sites is 1. The molecule has 1 aromatic heterocycles. The monoisotopic (exact) mass is 357 g/mol. The first-order valence-electron chi connectivity index (χ1n) is 8.18. The van der Waals surface area contributed by atoms with E-state index in [1.807, 2.05) is 32.0 Å². The number of hydrogen-bond donors (Lipinski definition) is 1. The van der Waals surface area contributed by atoms with Crippen LogP contribution in [0.15, 0.2) is 41.0 Å². The third kappa shape index (κ3) is 4.72. The maximum absolute atomic E-state index is 12.3. The van der Waals surface area contributed by atoms with Gasteiger partial charge in [-0.25, -0.2) is 0 Å². The molecule has 0 radical (unpaired) electrons. The van der Waals surface area contributed by atoms with E-state index in [2.05, 4.69) is 5.32 Å². The second kappa shape index (κ2) is 8.33. The summed E-state index contributed by atoms with van der Waals surface area (Å²) in [5.41, 5.74) is 2.66. The van der Waals surface area contributed by atoms with E-state index in [1.54, 1.807) is 6.07 Å². The lowest BCUT2D eigenvalue weighted by atomic mass is 10.1. The van der Waals surface area contributed by atoms with Crippen LogP contribution in [-0.2, 0) is 9.59 Å². The van der Waals surface area contributed by atoms with Gasteiger partial charge in [-0.1, -0.05) is 18.2 Å². The van der Waals surface area contributed by atoms with E-state index in [9.17, 15) is 14.4 Å². The predicted octanol–water partition coefficient (Wildman–Crippen LogP) is 2.07. The van der Waals surface area contributed by atoms with E-state index < -0.39 is 5.91 Å². The van der Waals surface area contributed by atoms with Gasteiger partial charge in [0.25, 0.3) is 5.91 Å². The minimum Gasteiger partial charge on any atom is -0.459 e. The van der Waals surface area contributed by atoms with Crippen LogP contribution >= 0.6 is 0 Å². The number of likely N-dealkylation sites (N-methyl/N-ethyl adjacent to an activating group) is 2. The zero-order valence-electron chi connectivity index (χ0n) is 15.4. The zero-order chi connectivity index (χ0) is 19.3. The van der Waals surface area contributed by atoms with Crippen molar-refractivity contribution in [2.45, 2.75) is 13.8 Å². The van der Waals surface area contributed by atoms with Gasteiger partial charge in [-0.2, -0.15) is 0 Å². The highest BCUT2D eigenvalue weighted by molar-refractivity contribution is 5.97. The van der Waals surface area contributed by atoms with Gasteiger partial charge in [-0.3, -0.25) is 14.4 Å². The third-order valence-corrected chi connectivity index (χ3v) is 4.00. The Balaban J connectivity index is 1.90. The van der Waals surface area contributed by atoms with E-state index in [4.69, 9.17) is 4.42 Å². The molecule has 0 aliphatic heterocycles. The number of carbonyl (C=O) groups is 3. The van der Waals surface area contributed by atoms with E-state index in [0.29, 0.717) is 0 Å². The molecule has 7 heteroatoms. The smallest absolute Gasteiger partial charge is 0.289 e. The molecule has 1 heterocycles. The Kier molecular flexibility index (Phi) is 6.16. The van der Waals surface area contributed by atoms with Crippen molar-refractivity contribution in [3.63, 3.8) is 0 Å². The average Bonchev–Trinajstić information content (AvgIpc) is 3.12. The van der Waals surface area contributed by atoms with Gasteiger partial charge >= 0.3 is 0 Å². The summed E-state index contributed by atoms with van der Waals surface area (Å²) in [5.74, 6) is -0.866. The highest BCUT2D eigenvalue weighted by atomic mass is 16.3. The molecule has 0 atom stereocenters. The number of aryl methyl sites for hydroxylation is 2. The van der Waals surface area contributed by atoms with Gasteiger partial charge < -0.3 is 19.5 Å². The fourth-order valence-electron chi connectivity index (χ4n) is 2.48. The van der Waals surface area contributed by atoms with Crippen molar-refractivity contribution in [1.29, 1.82) is 0 Å². The molecule has 2 rings (SSSR count). The maximum atomic E-state index is 12.3. The SMILES string of the molecule is Cc1cccc(C)c1NC(=O)CN(C)C(=O)CN(C)C(=O)c1ccco1. The molecule has 1 N–H and O–H groups in total. The molecule has 0 aliphatic rings. The molecule has 26 heavy (non-hydrogen) atoms. The highest BCUT2D eigenvalue weighted by Crippen LogP contribution is 2.19. The Bertz CT molecular complexity index is 779. The molecule has 3 amide bonds. The lowest BCUT2D eigenvalue weighted by molar-refractivity contribution is -0.133. The predicted molar refractivity (Wildman–Crippen MR) is 97.9 cm³/mol. The van der Waals surface area contributed by atoms with Crippen LogP contribution in [0.4, 0.5) is 5.69 Å². The number of nitrogens with one attached hydrogen (secondary N) is 1. The molecule has 2 aromatic rings. The van der Waals surface area contributed by atoms with Gasteiger partial charge in [0.2, 0.25) is 11.8 Å². The Hall–Kier alpha value is -3.09. The summed E-state index contributed by atoms with van der Waals surface area (Å²) in [6.07, 6.45) is 1.40. The number of furan rings is 1. The van der Waals surface area contributed by atoms with Crippen LogP contribution in [0, 0.1) is 13.8 Å². The molecular formula is C19H23N3O4. The lowest BCUT2D eigenvalue weighted by Gasteiger charge is -2.21. The van der Waals surface area contributed by atoms with Gasteiger partial charge in [0, 0.05) is 19.8 Å². The Morgan fingerprint density at radius 1 is 0.962 bits per heavy atom. The topological polar surface area (TPSA) is 82.9 Å². The van der Waals surface area contributed by atoms with E-state index in [-0.39, 0.29) is 30.7 Å². The minimum absolute atomic E-state index is 0.102. The van der Waals surface area contributed by atoms with Crippen molar-refractivity contribution in [2.24, 2.45) is 0 Å². The molecule has 0 unspecified atom stereocenters. The fraction of sp³-hybridized carbons (Fsp3) is 0.316. The van der Waals surface area contributed by atoms with E-state index in [1.165, 1.54) is 36.2 Å². The van der Waals surface area contributed by atoms with Gasteiger partial charge in [-0.15, -0.1) is 0 Å². The quantitative estimate of drug-likeness (QED) is 0.858. The summed E-state index contributed by atoms with van der Waals surface area (Å²) in [7, 11) is 3.03.